The van der Waals surface area contributed by atoms with Crippen LogP contribution in [-0.4, -0.2) is 0 Å². The third-order valence-corrected chi connectivity index (χ3v) is 3.09. The number of benzene rings is 2. The fraction of sp³-hybridized carbons (Fsp3) is 0.0588. The molecule has 3 rings (SSSR count). The zero-order valence-electron chi connectivity index (χ0n) is 11.0. The van der Waals surface area contributed by atoms with E-state index in [-0.39, 0.29) is 12.4 Å². The molecule has 0 atom stereocenters. The summed E-state index contributed by atoms with van der Waals surface area (Å²) in [5.41, 5.74) is 2.06. The Balaban J connectivity index is 1.91. The van der Waals surface area contributed by atoms with Gasteiger partial charge in [0, 0.05) is 0 Å². The summed E-state index contributed by atoms with van der Waals surface area (Å²) < 4.78 is 11.2. The average Bonchev–Trinajstić information content (AvgIpc) is 2.91. The Morgan fingerprint density at radius 2 is 1.86 bits per heavy atom. The van der Waals surface area contributed by atoms with E-state index in [9.17, 15) is 0 Å². The zero-order valence-corrected chi connectivity index (χ0v) is 11.0. The fourth-order valence-corrected chi connectivity index (χ4v) is 2.12. The number of hydrogen-bond acceptors (Lipinski definition) is 4. The van der Waals surface area contributed by atoms with Crippen molar-refractivity contribution in [3.05, 3.63) is 65.4 Å². The summed E-state index contributed by atoms with van der Waals surface area (Å²) in [6, 6.07) is 18.6. The van der Waals surface area contributed by atoms with E-state index in [0.717, 1.165) is 10.9 Å². The number of para-hydroxylation sites is 1. The van der Waals surface area contributed by atoms with E-state index in [4.69, 9.17) is 19.7 Å². The maximum Gasteiger partial charge on any atom is 0.246 e. The van der Waals surface area contributed by atoms with Gasteiger partial charge in [-0.3, -0.25) is 0 Å². The summed E-state index contributed by atoms with van der Waals surface area (Å²) in [5, 5.41) is 18.8. The van der Waals surface area contributed by atoms with Gasteiger partial charge in [-0.05, 0) is 29.8 Å². The molecule has 0 bridgehead atoms. The molecule has 0 unspecified atom stereocenters. The van der Waals surface area contributed by atoms with Crippen LogP contribution in [-0.2, 0) is 6.61 Å². The van der Waals surface area contributed by atoms with Crippen LogP contribution in [0.5, 0.6) is 5.75 Å². The molecule has 0 aliphatic heterocycles. The molecule has 0 aliphatic rings. The van der Waals surface area contributed by atoms with Crippen LogP contribution >= 0.6 is 0 Å². The quantitative estimate of drug-likeness (QED) is 0.729. The van der Waals surface area contributed by atoms with Crippen molar-refractivity contribution in [1.29, 1.82) is 10.5 Å². The largest absolute Gasteiger partial charge is 0.483 e. The number of nitrogens with zero attached hydrogens (tertiary/aromatic N) is 2. The van der Waals surface area contributed by atoms with Crippen molar-refractivity contribution < 1.29 is 9.15 Å². The first kappa shape index (κ1) is 12.8. The van der Waals surface area contributed by atoms with Gasteiger partial charge in [-0.25, -0.2) is 0 Å². The van der Waals surface area contributed by atoms with E-state index >= 15 is 0 Å². The molecule has 1 heterocycles. The van der Waals surface area contributed by atoms with Crippen molar-refractivity contribution in [2.24, 2.45) is 0 Å². The van der Waals surface area contributed by atoms with Crippen molar-refractivity contribution in [2.45, 2.75) is 6.61 Å². The van der Waals surface area contributed by atoms with E-state index in [1.807, 2.05) is 30.3 Å². The minimum absolute atomic E-state index is 0.160. The van der Waals surface area contributed by atoms with Crippen molar-refractivity contribution in [1.82, 2.24) is 0 Å². The highest BCUT2D eigenvalue weighted by atomic mass is 16.5. The standard InChI is InChI=1S/C17H10N2O2/c18-9-12-4-3-5-13(8-12)11-20-17-14-6-1-2-7-15(14)21-16(17)10-19/h1-8H,11H2. The molecular formula is C17H10N2O2. The lowest BCUT2D eigenvalue weighted by Crippen LogP contribution is -1.96. The van der Waals surface area contributed by atoms with Gasteiger partial charge in [-0.1, -0.05) is 24.3 Å². The van der Waals surface area contributed by atoms with E-state index in [1.165, 1.54) is 0 Å². The average molecular weight is 274 g/mol. The minimum atomic E-state index is 0.160. The van der Waals surface area contributed by atoms with Crippen molar-refractivity contribution in [3.8, 4) is 17.9 Å². The van der Waals surface area contributed by atoms with Crippen LogP contribution in [0, 0.1) is 22.7 Å². The molecule has 0 amide bonds. The van der Waals surface area contributed by atoms with Crippen LogP contribution in [0.3, 0.4) is 0 Å². The molecule has 100 valence electrons. The second kappa shape index (κ2) is 5.40. The van der Waals surface area contributed by atoms with Crippen LogP contribution < -0.4 is 4.74 Å². The first-order valence-electron chi connectivity index (χ1n) is 6.35. The number of hydrogen-bond donors (Lipinski definition) is 0. The fourth-order valence-electron chi connectivity index (χ4n) is 2.12. The molecule has 0 aliphatic carbocycles. The van der Waals surface area contributed by atoms with Gasteiger partial charge in [0.2, 0.25) is 5.76 Å². The van der Waals surface area contributed by atoms with Crippen molar-refractivity contribution in [2.75, 3.05) is 0 Å². The van der Waals surface area contributed by atoms with Crippen molar-refractivity contribution in [3.63, 3.8) is 0 Å². The molecule has 0 fully saturated rings. The van der Waals surface area contributed by atoms with Gasteiger partial charge in [0.05, 0.1) is 17.0 Å². The van der Waals surface area contributed by atoms with E-state index in [1.54, 1.807) is 24.3 Å². The topological polar surface area (TPSA) is 69.9 Å². The number of rotatable bonds is 3. The lowest BCUT2D eigenvalue weighted by molar-refractivity contribution is 0.303. The Morgan fingerprint density at radius 3 is 2.67 bits per heavy atom. The molecule has 0 radical (unpaired) electrons. The minimum Gasteiger partial charge on any atom is -0.483 e. The Bertz CT molecular complexity index is 882. The lowest BCUT2D eigenvalue weighted by atomic mass is 10.1. The zero-order chi connectivity index (χ0) is 14.7. The number of fused-ring (bicyclic) bond motifs is 1. The second-order valence-electron chi connectivity index (χ2n) is 4.47. The predicted molar refractivity (Wildman–Crippen MR) is 76.4 cm³/mol. The van der Waals surface area contributed by atoms with E-state index in [0.29, 0.717) is 16.9 Å². The number of ether oxygens (including phenoxy) is 1. The van der Waals surface area contributed by atoms with Crippen molar-refractivity contribution >= 4 is 11.0 Å². The normalized spacial score (nSPS) is 10.0. The molecule has 0 N–H and O–H groups in total. The van der Waals surface area contributed by atoms with Gasteiger partial charge in [-0.2, -0.15) is 10.5 Å². The summed E-state index contributed by atoms with van der Waals surface area (Å²) in [5.74, 6) is 0.600. The highest BCUT2D eigenvalue weighted by Crippen LogP contribution is 2.33. The predicted octanol–water partition coefficient (Wildman–Crippen LogP) is 3.76. The van der Waals surface area contributed by atoms with Gasteiger partial charge in [0.15, 0.2) is 5.75 Å². The highest BCUT2D eigenvalue weighted by molar-refractivity contribution is 5.86. The maximum absolute atomic E-state index is 9.13. The van der Waals surface area contributed by atoms with Gasteiger partial charge in [0.25, 0.3) is 0 Å². The Hall–Kier alpha value is -3.24. The van der Waals surface area contributed by atoms with Crippen LogP contribution in [0.15, 0.2) is 52.9 Å². The number of nitriles is 2. The molecule has 0 saturated heterocycles. The van der Waals surface area contributed by atoms with Gasteiger partial charge in [0.1, 0.15) is 18.3 Å². The molecule has 1 aromatic heterocycles. The third-order valence-electron chi connectivity index (χ3n) is 3.09. The summed E-state index contributed by atoms with van der Waals surface area (Å²) >= 11 is 0. The van der Waals surface area contributed by atoms with Crippen LogP contribution in [0.25, 0.3) is 11.0 Å². The Morgan fingerprint density at radius 1 is 1.00 bits per heavy atom. The van der Waals surface area contributed by atoms with Crippen LogP contribution in [0.1, 0.15) is 16.9 Å². The molecular weight excluding hydrogens is 264 g/mol. The molecule has 0 spiro atoms. The smallest absolute Gasteiger partial charge is 0.246 e. The maximum atomic E-state index is 9.13. The van der Waals surface area contributed by atoms with Crippen LogP contribution in [0.4, 0.5) is 0 Å². The SMILES string of the molecule is N#Cc1cccc(COc2c(C#N)oc3ccccc23)c1. The molecule has 3 aromatic rings. The Labute approximate surface area is 121 Å². The van der Waals surface area contributed by atoms with Crippen LogP contribution in [0.2, 0.25) is 0 Å². The molecule has 2 aromatic carbocycles. The molecule has 4 nitrogen and oxygen atoms in total. The van der Waals surface area contributed by atoms with E-state index in [2.05, 4.69) is 6.07 Å². The van der Waals surface area contributed by atoms with Gasteiger partial charge < -0.3 is 9.15 Å². The summed E-state index contributed by atoms with van der Waals surface area (Å²) in [6.07, 6.45) is 0. The molecule has 21 heavy (non-hydrogen) atoms. The first-order chi connectivity index (χ1) is 10.3. The van der Waals surface area contributed by atoms with Gasteiger partial charge in [-0.15, -0.1) is 0 Å². The monoisotopic (exact) mass is 274 g/mol. The van der Waals surface area contributed by atoms with Gasteiger partial charge >= 0.3 is 0 Å². The lowest BCUT2D eigenvalue weighted by Gasteiger charge is -2.05. The molecule has 4 heteroatoms. The molecule has 0 saturated carbocycles. The summed E-state index contributed by atoms with van der Waals surface area (Å²) in [6.45, 7) is 0.272. The summed E-state index contributed by atoms with van der Waals surface area (Å²) in [4.78, 5) is 0. The second-order valence-corrected chi connectivity index (χ2v) is 4.47. The number of furan rings is 1. The third kappa shape index (κ3) is 2.43. The Kier molecular flexibility index (Phi) is 3.29. The highest BCUT2D eigenvalue weighted by Gasteiger charge is 2.15. The summed E-state index contributed by atoms with van der Waals surface area (Å²) in [7, 11) is 0. The van der Waals surface area contributed by atoms with E-state index < -0.39 is 0 Å². The first-order valence-corrected chi connectivity index (χ1v) is 6.35.